The Labute approximate surface area is 73.7 Å². The summed E-state index contributed by atoms with van der Waals surface area (Å²) < 4.78 is 0. The Balaban J connectivity index is -0.0000000965. The summed E-state index contributed by atoms with van der Waals surface area (Å²) in [7, 11) is 0. The zero-order chi connectivity index (χ0) is 9.86. The minimum atomic E-state index is 0.833. The van der Waals surface area contributed by atoms with Gasteiger partial charge in [0.2, 0.25) is 0 Å². The molecule has 0 aliphatic rings. The maximum absolute atomic E-state index is 3.00. The third-order valence-electron chi connectivity index (χ3n) is 0.816. The Kier molecular flexibility index (Phi) is 25.3. The molecule has 0 fully saturated rings. The van der Waals surface area contributed by atoms with Crippen molar-refractivity contribution in [2.75, 3.05) is 0 Å². The highest BCUT2D eigenvalue weighted by Gasteiger charge is 1.80. The molecule has 0 heterocycles. The van der Waals surface area contributed by atoms with E-state index in [2.05, 4.69) is 54.7 Å². The highest BCUT2D eigenvalue weighted by atomic mass is 13.9. The summed E-state index contributed by atoms with van der Waals surface area (Å²) in [5, 5.41) is 0. The molecule has 0 aliphatic heterocycles. The minimum absolute atomic E-state index is 0.833. The SMILES string of the molecule is C=C.CC(C)C.CCC(C)C. The van der Waals surface area contributed by atoms with Crippen molar-refractivity contribution in [3.8, 4) is 0 Å². The van der Waals surface area contributed by atoms with Gasteiger partial charge in [0.15, 0.2) is 0 Å². The first kappa shape index (κ1) is 17.0. The minimum Gasteiger partial charge on any atom is -0.106 e. The van der Waals surface area contributed by atoms with E-state index in [0.29, 0.717) is 0 Å². The highest BCUT2D eigenvalue weighted by Crippen LogP contribution is 1.93. The van der Waals surface area contributed by atoms with Gasteiger partial charge >= 0.3 is 0 Å². The summed E-state index contributed by atoms with van der Waals surface area (Å²) in [6.07, 6.45) is 1.31. The molecule has 0 radical (unpaired) electrons. The standard InChI is InChI=1S/C5H12.C4H10.C2H4/c1-4-5(2)3;1-4(2)3;1-2/h5H,4H2,1-3H3;4H,1-3H3;1-2H2. The fourth-order valence-electron chi connectivity index (χ4n) is 0. The lowest BCUT2D eigenvalue weighted by Gasteiger charge is -1.90. The third-order valence-corrected chi connectivity index (χ3v) is 0.816. The molecule has 0 atom stereocenters. The largest absolute Gasteiger partial charge is 0.106 e. The summed E-state index contributed by atoms with van der Waals surface area (Å²) in [6, 6.07) is 0. The number of hydrogen-bond donors (Lipinski definition) is 0. The number of hydrogen-bond acceptors (Lipinski definition) is 0. The fraction of sp³-hybridized carbons (Fsp3) is 0.818. The molecule has 0 aromatic carbocycles. The van der Waals surface area contributed by atoms with Gasteiger partial charge in [0, 0.05) is 0 Å². The molecule has 0 nitrogen and oxygen atoms in total. The Morgan fingerprint density at radius 2 is 1.00 bits per heavy atom. The van der Waals surface area contributed by atoms with E-state index in [1.807, 2.05) is 0 Å². The van der Waals surface area contributed by atoms with Crippen molar-refractivity contribution in [2.45, 2.75) is 48.0 Å². The van der Waals surface area contributed by atoms with Crippen LogP contribution in [0, 0.1) is 11.8 Å². The van der Waals surface area contributed by atoms with Gasteiger partial charge in [0.05, 0.1) is 0 Å². The summed E-state index contributed by atoms with van der Waals surface area (Å²) in [5.74, 6) is 1.72. The zero-order valence-electron chi connectivity index (χ0n) is 9.28. The summed E-state index contributed by atoms with van der Waals surface area (Å²) in [5.41, 5.74) is 0. The van der Waals surface area contributed by atoms with E-state index in [1.165, 1.54) is 6.42 Å². The average molecular weight is 158 g/mol. The molecule has 0 amide bonds. The van der Waals surface area contributed by atoms with E-state index in [0.717, 1.165) is 11.8 Å². The first-order valence-corrected chi connectivity index (χ1v) is 4.50. The van der Waals surface area contributed by atoms with Gasteiger partial charge in [-0.05, 0) is 11.8 Å². The van der Waals surface area contributed by atoms with Gasteiger partial charge in [-0.1, -0.05) is 48.0 Å². The molecule has 0 spiro atoms. The van der Waals surface area contributed by atoms with Crippen LogP contribution in [0.15, 0.2) is 13.2 Å². The van der Waals surface area contributed by atoms with Crippen LogP contribution in [0.1, 0.15) is 48.0 Å². The van der Waals surface area contributed by atoms with Crippen LogP contribution in [-0.2, 0) is 0 Å². The van der Waals surface area contributed by atoms with Crippen molar-refractivity contribution >= 4 is 0 Å². The Hall–Kier alpha value is -0.260. The molecule has 0 aliphatic carbocycles. The fourth-order valence-corrected chi connectivity index (χ4v) is 0. The van der Waals surface area contributed by atoms with Crippen LogP contribution in [0.3, 0.4) is 0 Å². The Morgan fingerprint density at radius 1 is 0.909 bits per heavy atom. The molecule has 0 saturated carbocycles. The van der Waals surface area contributed by atoms with E-state index in [1.54, 1.807) is 0 Å². The van der Waals surface area contributed by atoms with Crippen LogP contribution in [-0.4, -0.2) is 0 Å². The summed E-state index contributed by atoms with van der Waals surface area (Å²) in [6.45, 7) is 19.1. The van der Waals surface area contributed by atoms with Gasteiger partial charge in [-0.25, -0.2) is 0 Å². The maximum atomic E-state index is 3.00. The van der Waals surface area contributed by atoms with Crippen LogP contribution < -0.4 is 0 Å². The molecule has 0 bridgehead atoms. The lowest BCUT2D eigenvalue weighted by atomic mass is 10.2. The van der Waals surface area contributed by atoms with E-state index < -0.39 is 0 Å². The Bertz CT molecular complexity index is 41.2. The van der Waals surface area contributed by atoms with Gasteiger partial charge in [-0.15, -0.1) is 13.2 Å². The summed E-state index contributed by atoms with van der Waals surface area (Å²) in [4.78, 5) is 0. The quantitative estimate of drug-likeness (QED) is 0.492. The predicted molar refractivity (Wildman–Crippen MR) is 56.9 cm³/mol. The predicted octanol–water partition coefficient (Wildman–Crippen LogP) is 4.52. The molecule has 0 saturated heterocycles. The van der Waals surface area contributed by atoms with Crippen LogP contribution in [0.25, 0.3) is 0 Å². The van der Waals surface area contributed by atoms with Gasteiger partial charge < -0.3 is 0 Å². The molecule has 0 N–H and O–H groups in total. The van der Waals surface area contributed by atoms with Crippen molar-refractivity contribution in [3.05, 3.63) is 13.2 Å². The zero-order valence-corrected chi connectivity index (χ0v) is 9.28. The lowest BCUT2D eigenvalue weighted by Crippen LogP contribution is -1.77. The van der Waals surface area contributed by atoms with Crippen LogP contribution in [0.4, 0.5) is 0 Å². The van der Waals surface area contributed by atoms with Gasteiger partial charge in [-0.3, -0.25) is 0 Å². The first-order chi connectivity index (χ1) is 5.00. The second-order valence-electron chi connectivity index (χ2n) is 3.53. The van der Waals surface area contributed by atoms with Crippen molar-refractivity contribution in [2.24, 2.45) is 11.8 Å². The van der Waals surface area contributed by atoms with Crippen LogP contribution in [0.5, 0.6) is 0 Å². The van der Waals surface area contributed by atoms with E-state index in [-0.39, 0.29) is 0 Å². The van der Waals surface area contributed by atoms with Gasteiger partial charge in [0.1, 0.15) is 0 Å². The second-order valence-corrected chi connectivity index (χ2v) is 3.53. The van der Waals surface area contributed by atoms with Gasteiger partial charge in [0.25, 0.3) is 0 Å². The molecule has 0 unspecified atom stereocenters. The molecule has 11 heavy (non-hydrogen) atoms. The Morgan fingerprint density at radius 3 is 1.00 bits per heavy atom. The molecular weight excluding hydrogens is 132 g/mol. The monoisotopic (exact) mass is 158 g/mol. The number of rotatable bonds is 1. The van der Waals surface area contributed by atoms with Crippen molar-refractivity contribution in [1.82, 2.24) is 0 Å². The summed E-state index contributed by atoms with van der Waals surface area (Å²) >= 11 is 0. The third kappa shape index (κ3) is 193. The average Bonchev–Trinajstić information content (AvgIpc) is 1.91. The topological polar surface area (TPSA) is 0 Å². The molecule has 0 aromatic rings. The van der Waals surface area contributed by atoms with Crippen LogP contribution in [0.2, 0.25) is 0 Å². The van der Waals surface area contributed by atoms with Gasteiger partial charge in [-0.2, -0.15) is 0 Å². The van der Waals surface area contributed by atoms with E-state index >= 15 is 0 Å². The van der Waals surface area contributed by atoms with E-state index in [9.17, 15) is 0 Å². The second kappa shape index (κ2) is 16.4. The normalized spacial score (nSPS) is 8.00. The molecule has 0 aromatic heterocycles. The van der Waals surface area contributed by atoms with Crippen molar-refractivity contribution in [1.29, 1.82) is 0 Å². The van der Waals surface area contributed by atoms with Crippen LogP contribution >= 0.6 is 0 Å². The maximum Gasteiger partial charge on any atom is -0.0474 e. The smallest absolute Gasteiger partial charge is 0.0474 e. The molecule has 0 heteroatoms. The molecular formula is C11H26. The molecule has 70 valence electrons. The lowest BCUT2D eigenvalue weighted by molar-refractivity contribution is 0.626. The highest BCUT2D eigenvalue weighted by molar-refractivity contribution is 4.32. The van der Waals surface area contributed by atoms with Crippen molar-refractivity contribution in [3.63, 3.8) is 0 Å². The van der Waals surface area contributed by atoms with Crippen molar-refractivity contribution < 1.29 is 0 Å². The first-order valence-electron chi connectivity index (χ1n) is 4.50. The van der Waals surface area contributed by atoms with E-state index in [4.69, 9.17) is 0 Å². The molecule has 0 rings (SSSR count).